The van der Waals surface area contributed by atoms with E-state index in [1.54, 1.807) is 6.07 Å². The van der Waals surface area contributed by atoms with Gasteiger partial charge < -0.3 is 15.6 Å². The van der Waals surface area contributed by atoms with Crippen LogP contribution >= 0.6 is 11.6 Å². The maximum Gasteiger partial charge on any atom is 0.130 e. The Bertz CT molecular complexity index is 302. The van der Waals surface area contributed by atoms with Crippen LogP contribution in [-0.2, 0) is 4.74 Å². The standard InChI is InChI=1S/C10H13ClFNO2/c11-7-2-1-3-8(12)10(7)9(6-13)15-5-4-14/h1-3,9,14H,4-6,13H2. The lowest BCUT2D eigenvalue weighted by Gasteiger charge is -2.17. The quantitative estimate of drug-likeness (QED) is 0.810. The third-order valence-electron chi connectivity index (χ3n) is 1.95. The number of benzene rings is 1. The zero-order chi connectivity index (χ0) is 11.3. The molecule has 0 fully saturated rings. The van der Waals surface area contributed by atoms with Crippen molar-refractivity contribution in [3.63, 3.8) is 0 Å². The first kappa shape index (κ1) is 12.4. The minimum absolute atomic E-state index is 0.104. The second-order valence-electron chi connectivity index (χ2n) is 2.95. The molecule has 3 N–H and O–H groups in total. The summed E-state index contributed by atoms with van der Waals surface area (Å²) in [6.07, 6.45) is -0.620. The molecular formula is C10H13ClFNO2. The molecule has 0 saturated heterocycles. The van der Waals surface area contributed by atoms with Crippen molar-refractivity contribution in [1.29, 1.82) is 0 Å². The minimum atomic E-state index is -0.620. The van der Waals surface area contributed by atoms with Gasteiger partial charge in [0.15, 0.2) is 0 Å². The fourth-order valence-electron chi connectivity index (χ4n) is 1.28. The molecule has 5 heteroatoms. The van der Waals surface area contributed by atoms with Crippen LogP contribution < -0.4 is 5.73 Å². The van der Waals surface area contributed by atoms with Crippen LogP contribution in [0.25, 0.3) is 0 Å². The van der Waals surface area contributed by atoms with Gasteiger partial charge in [-0.3, -0.25) is 0 Å². The van der Waals surface area contributed by atoms with E-state index in [0.29, 0.717) is 0 Å². The number of rotatable bonds is 5. The number of nitrogens with two attached hydrogens (primary N) is 1. The van der Waals surface area contributed by atoms with Crippen molar-refractivity contribution in [2.24, 2.45) is 5.73 Å². The van der Waals surface area contributed by atoms with Crippen LogP contribution in [0.5, 0.6) is 0 Å². The zero-order valence-corrected chi connectivity index (χ0v) is 8.88. The molecule has 84 valence electrons. The maximum absolute atomic E-state index is 13.4. The van der Waals surface area contributed by atoms with Crippen molar-refractivity contribution in [1.82, 2.24) is 0 Å². The van der Waals surface area contributed by atoms with Gasteiger partial charge >= 0.3 is 0 Å². The molecule has 0 spiro atoms. The summed E-state index contributed by atoms with van der Waals surface area (Å²) in [7, 11) is 0. The molecule has 0 saturated carbocycles. The Hall–Kier alpha value is -0.680. The van der Waals surface area contributed by atoms with E-state index in [1.807, 2.05) is 0 Å². The average molecular weight is 234 g/mol. The fourth-order valence-corrected chi connectivity index (χ4v) is 1.57. The second-order valence-corrected chi connectivity index (χ2v) is 3.36. The zero-order valence-electron chi connectivity index (χ0n) is 8.12. The summed E-state index contributed by atoms with van der Waals surface area (Å²) in [4.78, 5) is 0. The van der Waals surface area contributed by atoms with Crippen molar-refractivity contribution in [2.45, 2.75) is 6.10 Å². The van der Waals surface area contributed by atoms with Crippen LogP contribution in [0.4, 0.5) is 4.39 Å². The van der Waals surface area contributed by atoms with Crippen LogP contribution in [0.2, 0.25) is 5.02 Å². The van der Waals surface area contributed by atoms with E-state index in [4.69, 9.17) is 27.2 Å². The molecular weight excluding hydrogens is 221 g/mol. The highest BCUT2D eigenvalue weighted by Gasteiger charge is 2.17. The molecule has 1 atom stereocenters. The molecule has 0 aliphatic rings. The van der Waals surface area contributed by atoms with Gasteiger partial charge in [-0.25, -0.2) is 4.39 Å². The van der Waals surface area contributed by atoms with Crippen LogP contribution in [0.3, 0.4) is 0 Å². The van der Waals surface area contributed by atoms with E-state index in [0.717, 1.165) is 0 Å². The van der Waals surface area contributed by atoms with Crippen molar-refractivity contribution in [3.05, 3.63) is 34.6 Å². The fraction of sp³-hybridized carbons (Fsp3) is 0.400. The van der Waals surface area contributed by atoms with Gasteiger partial charge in [-0.05, 0) is 12.1 Å². The van der Waals surface area contributed by atoms with E-state index in [1.165, 1.54) is 12.1 Å². The van der Waals surface area contributed by atoms with Crippen molar-refractivity contribution >= 4 is 11.6 Å². The first-order chi connectivity index (χ1) is 7.20. The molecule has 15 heavy (non-hydrogen) atoms. The van der Waals surface area contributed by atoms with Gasteiger partial charge in [0.05, 0.1) is 19.3 Å². The Morgan fingerprint density at radius 3 is 2.80 bits per heavy atom. The number of ether oxygens (including phenoxy) is 1. The topological polar surface area (TPSA) is 55.5 Å². The number of aliphatic hydroxyl groups is 1. The molecule has 0 aromatic heterocycles. The van der Waals surface area contributed by atoms with Crippen LogP contribution in [0.15, 0.2) is 18.2 Å². The molecule has 1 rings (SSSR count). The van der Waals surface area contributed by atoms with Crippen LogP contribution in [0.1, 0.15) is 11.7 Å². The van der Waals surface area contributed by atoms with Crippen LogP contribution in [0, 0.1) is 5.82 Å². The van der Waals surface area contributed by atoms with E-state index >= 15 is 0 Å². The predicted molar refractivity (Wildman–Crippen MR) is 56.2 cm³/mol. The molecule has 0 bridgehead atoms. The second kappa shape index (κ2) is 6.02. The number of hydrogen-bond donors (Lipinski definition) is 2. The SMILES string of the molecule is NCC(OCCO)c1c(F)cccc1Cl. The van der Waals surface area contributed by atoms with Gasteiger partial charge in [0.25, 0.3) is 0 Å². The monoisotopic (exact) mass is 233 g/mol. The Kier molecular flexibility index (Phi) is 4.98. The first-order valence-electron chi connectivity index (χ1n) is 4.57. The lowest BCUT2D eigenvalue weighted by Crippen LogP contribution is -2.19. The molecule has 0 radical (unpaired) electrons. The summed E-state index contributed by atoms with van der Waals surface area (Å²) in [5, 5.41) is 8.88. The molecule has 1 unspecified atom stereocenters. The third-order valence-corrected chi connectivity index (χ3v) is 2.28. The molecule has 0 aliphatic carbocycles. The van der Waals surface area contributed by atoms with E-state index in [-0.39, 0.29) is 30.3 Å². The highest BCUT2D eigenvalue weighted by Crippen LogP contribution is 2.27. The van der Waals surface area contributed by atoms with E-state index in [2.05, 4.69) is 0 Å². The van der Waals surface area contributed by atoms with E-state index in [9.17, 15) is 4.39 Å². The van der Waals surface area contributed by atoms with Gasteiger partial charge in [-0.15, -0.1) is 0 Å². The Balaban J connectivity index is 2.90. The van der Waals surface area contributed by atoms with Crippen molar-refractivity contribution in [2.75, 3.05) is 19.8 Å². The summed E-state index contributed by atoms with van der Waals surface area (Å²) in [5.41, 5.74) is 5.70. The van der Waals surface area contributed by atoms with Crippen molar-refractivity contribution < 1.29 is 14.2 Å². The van der Waals surface area contributed by atoms with Gasteiger partial charge in [0.1, 0.15) is 5.82 Å². The Morgan fingerprint density at radius 2 is 2.27 bits per heavy atom. The number of halogens is 2. The maximum atomic E-state index is 13.4. The smallest absolute Gasteiger partial charge is 0.130 e. The molecule has 1 aromatic carbocycles. The average Bonchev–Trinajstić information content (AvgIpc) is 2.22. The number of hydrogen-bond acceptors (Lipinski definition) is 3. The lowest BCUT2D eigenvalue weighted by atomic mass is 10.1. The van der Waals surface area contributed by atoms with E-state index < -0.39 is 11.9 Å². The van der Waals surface area contributed by atoms with Gasteiger partial charge in [-0.1, -0.05) is 17.7 Å². The van der Waals surface area contributed by atoms with Gasteiger partial charge in [0.2, 0.25) is 0 Å². The number of aliphatic hydroxyl groups excluding tert-OH is 1. The van der Waals surface area contributed by atoms with Gasteiger partial charge in [-0.2, -0.15) is 0 Å². The minimum Gasteiger partial charge on any atom is -0.394 e. The van der Waals surface area contributed by atoms with Crippen LogP contribution in [-0.4, -0.2) is 24.9 Å². The molecule has 0 amide bonds. The molecule has 3 nitrogen and oxygen atoms in total. The highest BCUT2D eigenvalue weighted by molar-refractivity contribution is 6.31. The molecule has 0 heterocycles. The summed E-state index contributed by atoms with van der Waals surface area (Å²) in [6, 6.07) is 4.39. The molecule has 1 aromatic rings. The Labute approximate surface area is 92.6 Å². The summed E-state index contributed by atoms with van der Waals surface area (Å²) in [6.45, 7) is 0.0791. The lowest BCUT2D eigenvalue weighted by molar-refractivity contribution is 0.0310. The predicted octanol–water partition coefficient (Wildman–Crippen LogP) is 1.49. The highest BCUT2D eigenvalue weighted by atomic mass is 35.5. The summed E-state index contributed by atoms with van der Waals surface area (Å²) in [5.74, 6) is -0.448. The molecule has 0 aliphatic heterocycles. The van der Waals surface area contributed by atoms with Crippen molar-refractivity contribution in [3.8, 4) is 0 Å². The largest absolute Gasteiger partial charge is 0.394 e. The summed E-state index contributed by atoms with van der Waals surface area (Å²) >= 11 is 5.84. The normalized spacial score (nSPS) is 12.8. The van der Waals surface area contributed by atoms with Gasteiger partial charge in [0, 0.05) is 17.1 Å². The Morgan fingerprint density at radius 1 is 1.53 bits per heavy atom. The summed E-state index contributed by atoms with van der Waals surface area (Å²) < 4.78 is 18.6. The third kappa shape index (κ3) is 3.14. The first-order valence-corrected chi connectivity index (χ1v) is 4.95.